The molecule has 1 fully saturated rings. The van der Waals surface area contributed by atoms with Crippen molar-refractivity contribution in [2.24, 2.45) is 4.99 Å². The summed E-state index contributed by atoms with van der Waals surface area (Å²) in [6.07, 6.45) is 3.17. The number of hydrogen-bond acceptors (Lipinski definition) is 5. The third-order valence-corrected chi connectivity index (χ3v) is 7.52. The molecule has 2 aromatic carbocycles. The quantitative estimate of drug-likeness (QED) is 0.754. The zero-order valence-electron chi connectivity index (χ0n) is 18.3. The van der Waals surface area contributed by atoms with Gasteiger partial charge in [-0.2, -0.15) is 4.99 Å². The lowest BCUT2D eigenvalue weighted by atomic mass is 9.99. The lowest BCUT2D eigenvalue weighted by Gasteiger charge is -2.29. The van der Waals surface area contributed by atoms with E-state index in [1.165, 1.54) is 22.9 Å². The van der Waals surface area contributed by atoms with E-state index in [0.717, 1.165) is 37.5 Å². The summed E-state index contributed by atoms with van der Waals surface area (Å²) in [4.78, 5) is 45.8. The molecule has 1 N–H and O–H groups in total. The Balaban J connectivity index is 1.15. The van der Waals surface area contributed by atoms with Crippen molar-refractivity contribution < 1.29 is 14.4 Å². The second kappa shape index (κ2) is 9.39. The number of benzene rings is 2. The van der Waals surface area contributed by atoms with Crippen LogP contribution in [0.15, 0.2) is 53.5 Å². The minimum absolute atomic E-state index is 0.0121. The normalized spacial score (nSPS) is 19.9. The van der Waals surface area contributed by atoms with Gasteiger partial charge >= 0.3 is 0 Å². The van der Waals surface area contributed by atoms with Crippen molar-refractivity contribution in [2.75, 3.05) is 25.0 Å². The molecule has 0 unspecified atom stereocenters. The van der Waals surface area contributed by atoms with Crippen molar-refractivity contribution in [2.45, 2.75) is 37.5 Å². The van der Waals surface area contributed by atoms with Gasteiger partial charge in [0.2, 0.25) is 5.91 Å². The van der Waals surface area contributed by atoms with Crippen LogP contribution in [0.3, 0.4) is 0 Å². The summed E-state index contributed by atoms with van der Waals surface area (Å²) in [5.41, 5.74) is 3.70. The molecule has 3 aliphatic heterocycles. The van der Waals surface area contributed by atoms with Gasteiger partial charge in [0.25, 0.3) is 11.8 Å². The van der Waals surface area contributed by atoms with Crippen LogP contribution in [-0.2, 0) is 22.6 Å². The molecule has 7 nitrogen and oxygen atoms in total. The van der Waals surface area contributed by atoms with E-state index in [0.29, 0.717) is 24.3 Å². The van der Waals surface area contributed by atoms with Crippen molar-refractivity contribution in [3.8, 4) is 0 Å². The van der Waals surface area contributed by atoms with Crippen LogP contribution in [0.2, 0.25) is 0 Å². The smallest absolute Gasteiger partial charge is 0.262 e. The minimum atomic E-state index is -0.469. The topological polar surface area (TPSA) is 82.1 Å². The van der Waals surface area contributed by atoms with Crippen LogP contribution in [0.1, 0.15) is 40.7 Å². The first-order valence-electron chi connectivity index (χ1n) is 11.4. The van der Waals surface area contributed by atoms with E-state index in [-0.39, 0.29) is 24.1 Å². The van der Waals surface area contributed by atoms with Crippen LogP contribution in [-0.4, -0.2) is 57.6 Å². The molecule has 0 saturated carbocycles. The highest BCUT2D eigenvalue weighted by atomic mass is 32.2. The number of carbonyl (C=O) groups is 3. The average molecular weight is 463 g/mol. The molecule has 2 aromatic rings. The molecule has 0 bridgehead atoms. The Hall–Kier alpha value is -3.13. The molecule has 3 aliphatic rings. The van der Waals surface area contributed by atoms with Crippen molar-refractivity contribution in [3.63, 3.8) is 0 Å². The number of thioether (sulfide) groups is 1. The molecular weight excluding hydrogens is 436 g/mol. The molecule has 5 rings (SSSR count). The summed E-state index contributed by atoms with van der Waals surface area (Å²) in [5, 5.41) is 3.12. The van der Waals surface area contributed by atoms with E-state index in [9.17, 15) is 14.4 Å². The molecule has 33 heavy (non-hydrogen) atoms. The molecule has 0 spiro atoms. The highest BCUT2D eigenvalue weighted by Crippen LogP contribution is 2.29. The number of amides is 3. The van der Waals surface area contributed by atoms with Gasteiger partial charge in [0.15, 0.2) is 5.17 Å². The van der Waals surface area contributed by atoms with Crippen molar-refractivity contribution in [1.82, 2.24) is 9.80 Å². The Morgan fingerprint density at radius 1 is 1.00 bits per heavy atom. The van der Waals surface area contributed by atoms with Crippen LogP contribution in [0.5, 0.6) is 0 Å². The van der Waals surface area contributed by atoms with Crippen molar-refractivity contribution in [1.29, 1.82) is 0 Å². The Kier molecular flexibility index (Phi) is 6.17. The summed E-state index contributed by atoms with van der Waals surface area (Å²) in [5.74, 6) is -0.478. The van der Waals surface area contributed by atoms with Gasteiger partial charge in [-0.05, 0) is 54.7 Å². The predicted molar refractivity (Wildman–Crippen MR) is 129 cm³/mol. The van der Waals surface area contributed by atoms with Gasteiger partial charge in [-0.15, -0.1) is 0 Å². The molecule has 0 aliphatic carbocycles. The Bertz CT molecular complexity index is 1110. The highest BCUT2D eigenvalue weighted by Gasteiger charge is 2.33. The van der Waals surface area contributed by atoms with Gasteiger partial charge in [0, 0.05) is 43.9 Å². The van der Waals surface area contributed by atoms with Gasteiger partial charge in [0.05, 0.1) is 0 Å². The van der Waals surface area contributed by atoms with Crippen LogP contribution in [0.4, 0.5) is 5.69 Å². The van der Waals surface area contributed by atoms with E-state index in [1.54, 1.807) is 24.3 Å². The number of carbonyl (C=O) groups excluding carboxylic acids is 3. The Morgan fingerprint density at radius 3 is 2.48 bits per heavy atom. The number of amidine groups is 1. The number of nitrogens with zero attached hydrogens (tertiary/aromatic N) is 3. The standard InChI is InChI=1S/C25H26N4O3S/c30-22(15-21-23(31)27-25(33-21)28-12-3-4-13-28)26-20-9-7-18(8-10-20)24(32)29-14-11-17-5-1-2-6-19(17)16-29/h1-2,5-10,21H,3-4,11-16H2,(H,26,30)/t21-/m0/s1. The fourth-order valence-electron chi connectivity index (χ4n) is 4.48. The maximum Gasteiger partial charge on any atom is 0.262 e. The third kappa shape index (κ3) is 4.80. The average Bonchev–Trinajstić information content (AvgIpc) is 3.49. The molecule has 8 heteroatoms. The summed E-state index contributed by atoms with van der Waals surface area (Å²) in [6.45, 7) is 3.16. The van der Waals surface area contributed by atoms with E-state index in [2.05, 4.69) is 27.3 Å². The van der Waals surface area contributed by atoms with Crippen LogP contribution >= 0.6 is 11.8 Å². The molecule has 3 heterocycles. The summed E-state index contributed by atoms with van der Waals surface area (Å²) >= 11 is 1.39. The first-order chi connectivity index (χ1) is 16.1. The monoisotopic (exact) mass is 462 g/mol. The number of fused-ring (bicyclic) bond motifs is 1. The molecule has 170 valence electrons. The van der Waals surface area contributed by atoms with Crippen LogP contribution in [0.25, 0.3) is 0 Å². The second-order valence-electron chi connectivity index (χ2n) is 8.61. The number of nitrogens with one attached hydrogen (secondary N) is 1. The Labute approximate surface area is 197 Å². The van der Waals surface area contributed by atoms with Crippen molar-refractivity contribution >= 4 is 40.3 Å². The first-order valence-corrected chi connectivity index (χ1v) is 12.2. The number of likely N-dealkylation sites (tertiary alicyclic amines) is 1. The zero-order valence-corrected chi connectivity index (χ0v) is 19.1. The Morgan fingerprint density at radius 2 is 1.73 bits per heavy atom. The van der Waals surface area contributed by atoms with E-state index in [4.69, 9.17) is 0 Å². The number of anilines is 1. The van der Waals surface area contributed by atoms with Gasteiger partial charge in [-0.25, -0.2) is 0 Å². The van der Waals surface area contributed by atoms with Crippen molar-refractivity contribution in [3.05, 3.63) is 65.2 Å². The van der Waals surface area contributed by atoms with E-state index < -0.39 is 5.25 Å². The van der Waals surface area contributed by atoms with Crippen LogP contribution in [0, 0.1) is 0 Å². The molecule has 1 atom stereocenters. The highest BCUT2D eigenvalue weighted by molar-refractivity contribution is 8.15. The number of aliphatic imine (C=N–C) groups is 1. The van der Waals surface area contributed by atoms with E-state index >= 15 is 0 Å². The van der Waals surface area contributed by atoms with Gasteiger partial charge < -0.3 is 15.1 Å². The number of rotatable bonds is 4. The largest absolute Gasteiger partial charge is 0.351 e. The summed E-state index contributed by atoms with van der Waals surface area (Å²) < 4.78 is 0. The summed E-state index contributed by atoms with van der Waals surface area (Å²) in [7, 11) is 0. The fourth-order valence-corrected chi connectivity index (χ4v) is 5.60. The van der Waals surface area contributed by atoms with Gasteiger partial charge in [-0.1, -0.05) is 36.0 Å². The van der Waals surface area contributed by atoms with E-state index in [1.807, 2.05) is 17.0 Å². The molecular formula is C25H26N4O3S. The lowest BCUT2D eigenvalue weighted by molar-refractivity contribution is -0.121. The van der Waals surface area contributed by atoms with Gasteiger partial charge in [0.1, 0.15) is 5.25 Å². The molecule has 0 aromatic heterocycles. The molecule has 3 amide bonds. The SMILES string of the molecule is O=C(C[C@@H]1SC(N2CCCC2)=NC1=O)Nc1ccc(C(=O)N2CCc3ccccc3C2)cc1. The lowest BCUT2D eigenvalue weighted by Crippen LogP contribution is -2.35. The predicted octanol–water partition coefficient (Wildman–Crippen LogP) is 3.31. The number of hydrogen-bond donors (Lipinski definition) is 1. The second-order valence-corrected chi connectivity index (χ2v) is 9.78. The molecule has 0 radical (unpaired) electrons. The fraction of sp³-hybridized carbons (Fsp3) is 0.360. The van der Waals surface area contributed by atoms with Gasteiger partial charge in [-0.3, -0.25) is 14.4 Å². The maximum absolute atomic E-state index is 12.9. The maximum atomic E-state index is 12.9. The van der Waals surface area contributed by atoms with Crippen LogP contribution < -0.4 is 5.32 Å². The molecule has 1 saturated heterocycles. The minimum Gasteiger partial charge on any atom is -0.351 e. The first kappa shape index (κ1) is 21.7. The zero-order chi connectivity index (χ0) is 22.8. The third-order valence-electron chi connectivity index (χ3n) is 6.31. The summed E-state index contributed by atoms with van der Waals surface area (Å²) in [6, 6.07) is 15.2.